The summed E-state index contributed by atoms with van der Waals surface area (Å²) in [4.78, 5) is 24.6. The molecular weight excluding hydrogens is 553 g/mol. The molecular formula is C33H68NO7P. The Morgan fingerprint density at radius 2 is 1.10 bits per heavy atom. The van der Waals surface area contributed by atoms with Gasteiger partial charge >= 0.3 is 5.97 Å². The summed E-state index contributed by atoms with van der Waals surface area (Å²) in [7, 11) is 1.36. The molecule has 8 nitrogen and oxygen atoms in total. The van der Waals surface area contributed by atoms with Gasteiger partial charge in [-0.1, -0.05) is 129 Å². The number of carbonyl (C=O) groups is 1. The largest absolute Gasteiger partial charge is 0.756 e. The van der Waals surface area contributed by atoms with E-state index in [0.29, 0.717) is 24.1 Å². The van der Waals surface area contributed by atoms with Crippen molar-refractivity contribution in [3.05, 3.63) is 0 Å². The van der Waals surface area contributed by atoms with Gasteiger partial charge in [0, 0.05) is 13.0 Å². The summed E-state index contributed by atoms with van der Waals surface area (Å²) in [5.41, 5.74) is 0. The molecule has 2 unspecified atom stereocenters. The van der Waals surface area contributed by atoms with E-state index >= 15 is 0 Å². The number of rotatable bonds is 32. The highest BCUT2D eigenvalue weighted by Gasteiger charge is 2.20. The Hall–Kier alpha value is -0.500. The van der Waals surface area contributed by atoms with Crippen molar-refractivity contribution in [2.24, 2.45) is 0 Å². The van der Waals surface area contributed by atoms with Gasteiger partial charge < -0.3 is 27.9 Å². The van der Waals surface area contributed by atoms with Crippen molar-refractivity contribution in [3.63, 3.8) is 0 Å². The minimum absolute atomic E-state index is 0.0301. The molecule has 252 valence electrons. The van der Waals surface area contributed by atoms with E-state index in [1.807, 2.05) is 21.1 Å². The maximum Gasteiger partial charge on any atom is 0.306 e. The third-order valence-corrected chi connectivity index (χ3v) is 8.37. The lowest BCUT2D eigenvalue weighted by atomic mass is 10.0. The molecule has 0 aliphatic rings. The number of esters is 1. The van der Waals surface area contributed by atoms with Crippen LogP contribution in [0.15, 0.2) is 0 Å². The van der Waals surface area contributed by atoms with Crippen LogP contribution in [-0.2, 0) is 27.9 Å². The second-order valence-corrected chi connectivity index (χ2v) is 14.3. The van der Waals surface area contributed by atoms with Gasteiger partial charge in [-0.2, -0.15) is 0 Å². The van der Waals surface area contributed by atoms with Crippen molar-refractivity contribution in [1.82, 2.24) is 0 Å². The van der Waals surface area contributed by atoms with Crippen LogP contribution in [-0.4, -0.2) is 70.7 Å². The lowest BCUT2D eigenvalue weighted by Crippen LogP contribution is -2.37. The van der Waals surface area contributed by atoms with Gasteiger partial charge in [0.25, 0.3) is 7.82 Å². The molecule has 9 heteroatoms. The molecule has 0 saturated heterocycles. The van der Waals surface area contributed by atoms with E-state index in [0.717, 1.165) is 32.1 Å². The maximum absolute atomic E-state index is 12.4. The molecule has 0 aliphatic heterocycles. The summed E-state index contributed by atoms with van der Waals surface area (Å²) < 4.78 is 34.2. The van der Waals surface area contributed by atoms with Gasteiger partial charge in [0.1, 0.15) is 19.3 Å². The zero-order valence-corrected chi connectivity index (χ0v) is 29.1. The molecule has 0 rings (SSSR count). The minimum atomic E-state index is -4.50. The molecule has 0 saturated carbocycles. The zero-order chi connectivity index (χ0) is 31.4. The number of quaternary nitrogens is 1. The number of hydrogen-bond acceptors (Lipinski definition) is 7. The van der Waals surface area contributed by atoms with Crippen molar-refractivity contribution in [2.45, 2.75) is 155 Å². The Kier molecular flexibility index (Phi) is 27.7. The summed E-state index contributed by atoms with van der Waals surface area (Å²) >= 11 is 0. The molecule has 0 amide bonds. The summed E-state index contributed by atoms with van der Waals surface area (Å²) in [5.74, 6) is -0.342. The molecule has 0 spiro atoms. The van der Waals surface area contributed by atoms with Crippen molar-refractivity contribution in [1.29, 1.82) is 0 Å². The summed E-state index contributed by atoms with van der Waals surface area (Å²) in [6.45, 7) is 5.36. The van der Waals surface area contributed by atoms with Crippen molar-refractivity contribution in [2.75, 3.05) is 54.1 Å². The van der Waals surface area contributed by atoms with Gasteiger partial charge in [-0.05, 0) is 12.8 Å². The molecule has 0 radical (unpaired) electrons. The van der Waals surface area contributed by atoms with Crippen LogP contribution in [0.2, 0.25) is 0 Å². The number of hydrogen-bond donors (Lipinski definition) is 0. The molecule has 0 aromatic rings. The SMILES string of the molecule is CCCCCCCCCCCCCCCCOCC(COP(=O)([O-])OCC[N+](C)(C)C)OC(=O)CCCCCCCC. The average Bonchev–Trinajstić information content (AvgIpc) is 2.92. The van der Waals surface area contributed by atoms with Crippen LogP contribution in [0.5, 0.6) is 0 Å². The lowest BCUT2D eigenvalue weighted by molar-refractivity contribution is -0.870. The highest BCUT2D eigenvalue weighted by Crippen LogP contribution is 2.38. The fourth-order valence-corrected chi connectivity index (χ4v) is 5.39. The van der Waals surface area contributed by atoms with Crippen LogP contribution in [0.4, 0.5) is 0 Å². The second kappa shape index (κ2) is 28.0. The van der Waals surface area contributed by atoms with Crippen LogP contribution >= 0.6 is 7.82 Å². The summed E-state index contributed by atoms with van der Waals surface area (Å²) in [6.07, 6.45) is 24.1. The van der Waals surface area contributed by atoms with Crippen LogP contribution in [0.25, 0.3) is 0 Å². The number of phosphoric acid groups is 1. The Morgan fingerprint density at radius 1 is 0.643 bits per heavy atom. The first-order chi connectivity index (χ1) is 20.1. The Morgan fingerprint density at radius 3 is 1.57 bits per heavy atom. The molecule has 0 aliphatic carbocycles. The van der Waals surface area contributed by atoms with Crippen LogP contribution < -0.4 is 4.89 Å². The predicted octanol–water partition coefficient (Wildman–Crippen LogP) is 8.35. The first-order valence-corrected chi connectivity index (χ1v) is 18.7. The minimum Gasteiger partial charge on any atom is -0.756 e. The van der Waals surface area contributed by atoms with Gasteiger partial charge in [0.05, 0.1) is 34.4 Å². The first-order valence-electron chi connectivity index (χ1n) is 17.3. The van der Waals surface area contributed by atoms with Gasteiger partial charge in [-0.15, -0.1) is 0 Å². The fourth-order valence-electron chi connectivity index (χ4n) is 4.66. The molecule has 0 fully saturated rings. The molecule has 42 heavy (non-hydrogen) atoms. The normalized spacial score (nSPS) is 14.1. The quantitative estimate of drug-likeness (QED) is 0.0322. The van der Waals surface area contributed by atoms with Crippen LogP contribution in [0.1, 0.15) is 149 Å². The molecule has 0 N–H and O–H groups in total. The standard InChI is InChI=1S/C33H68NO7P/c1-6-8-10-12-14-15-16-17-18-19-20-21-23-25-28-38-30-32(41-33(35)26-24-22-13-11-9-7-2)31-40-42(36,37)39-29-27-34(3,4)5/h32H,6-31H2,1-5H3. The molecule has 0 aromatic carbocycles. The highest BCUT2D eigenvalue weighted by molar-refractivity contribution is 7.45. The number of carbonyl (C=O) groups excluding carboxylic acids is 1. The van der Waals surface area contributed by atoms with E-state index in [9.17, 15) is 14.3 Å². The predicted molar refractivity (Wildman–Crippen MR) is 171 cm³/mol. The monoisotopic (exact) mass is 621 g/mol. The average molecular weight is 622 g/mol. The van der Waals surface area contributed by atoms with Crippen molar-refractivity contribution >= 4 is 13.8 Å². The fraction of sp³-hybridized carbons (Fsp3) is 0.970. The van der Waals surface area contributed by atoms with E-state index in [4.69, 9.17) is 18.5 Å². The molecule has 0 bridgehead atoms. The maximum atomic E-state index is 12.4. The van der Waals surface area contributed by atoms with Crippen molar-refractivity contribution in [3.8, 4) is 0 Å². The third kappa shape index (κ3) is 30.9. The van der Waals surface area contributed by atoms with Gasteiger partial charge in [0.2, 0.25) is 0 Å². The van der Waals surface area contributed by atoms with Gasteiger partial charge in [-0.25, -0.2) is 0 Å². The third-order valence-electron chi connectivity index (χ3n) is 7.41. The Balaban J connectivity index is 4.21. The molecule has 0 aromatic heterocycles. The lowest BCUT2D eigenvalue weighted by Gasteiger charge is -2.28. The van der Waals surface area contributed by atoms with E-state index in [-0.39, 0.29) is 25.8 Å². The van der Waals surface area contributed by atoms with Crippen molar-refractivity contribution < 1.29 is 37.3 Å². The second-order valence-electron chi connectivity index (χ2n) is 12.9. The van der Waals surface area contributed by atoms with Crippen LogP contribution in [0.3, 0.4) is 0 Å². The number of phosphoric ester groups is 1. The van der Waals surface area contributed by atoms with E-state index in [1.54, 1.807) is 0 Å². The highest BCUT2D eigenvalue weighted by atomic mass is 31.2. The van der Waals surface area contributed by atoms with E-state index < -0.39 is 13.9 Å². The van der Waals surface area contributed by atoms with E-state index in [1.165, 1.54) is 96.3 Å². The topological polar surface area (TPSA) is 94.1 Å². The first kappa shape index (κ1) is 41.5. The smallest absolute Gasteiger partial charge is 0.306 e. The summed E-state index contributed by atoms with van der Waals surface area (Å²) in [5, 5.41) is 0. The van der Waals surface area contributed by atoms with Gasteiger partial charge in [-0.3, -0.25) is 9.36 Å². The van der Waals surface area contributed by atoms with E-state index in [2.05, 4.69) is 13.8 Å². The molecule has 0 heterocycles. The number of ether oxygens (including phenoxy) is 2. The number of unbranched alkanes of at least 4 members (excludes halogenated alkanes) is 18. The Labute approximate surface area is 259 Å². The number of nitrogens with zero attached hydrogens (tertiary/aromatic N) is 1. The number of likely N-dealkylation sites (N-methyl/N-ethyl adjacent to an activating group) is 1. The van der Waals surface area contributed by atoms with Gasteiger partial charge in [0.15, 0.2) is 0 Å². The Bertz CT molecular complexity index is 657. The van der Waals surface area contributed by atoms with Crippen LogP contribution in [0, 0.1) is 0 Å². The zero-order valence-electron chi connectivity index (χ0n) is 28.2. The summed E-state index contributed by atoms with van der Waals surface area (Å²) in [6, 6.07) is 0. The molecule has 2 atom stereocenters.